The van der Waals surface area contributed by atoms with Gasteiger partial charge in [-0.1, -0.05) is 101 Å². The van der Waals surface area contributed by atoms with Crippen molar-refractivity contribution in [1.82, 2.24) is 0 Å². The highest BCUT2D eigenvalue weighted by molar-refractivity contribution is 6.55. The highest BCUT2D eigenvalue weighted by Crippen LogP contribution is 2.41. The third-order valence-electron chi connectivity index (χ3n) is 5.57. The zero-order valence-corrected chi connectivity index (χ0v) is 12.7. The number of hydrogen-bond donors (Lipinski definition) is 0. The highest BCUT2D eigenvalue weighted by Gasteiger charge is 2.29. The molecule has 0 heterocycles. The molecule has 0 N–H and O–H groups in total. The van der Waals surface area contributed by atoms with Crippen molar-refractivity contribution in [2.75, 3.05) is 0 Å². The van der Waals surface area contributed by atoms with Gasteiger partial charge < -0.3 is 0 Å². The van der Waals surface area contributed by atoms with E-state index >= 15 is 0 Å². The molecule has 0 atom stereocenters. The van der Waals surface area contributed by atoms with Gasteiger partial charge in [0, 0.05) is 0 Å². The van der Waals surface area contributed by atoms with Gasteiger partial charge in [0.1, 0.15) is 7.28 Å². The minimum atomic E-state index is 0.699. The summed E-state index contributed by atoms with van der Waals surface area (Å²) in [5.74, 6) is 1.06. The summed E-state index contributed by atoms with van der Waals surface area (Å²) in [6.45, 7) is 0. The second-order valence-electron chi connectivity index (χ2n) is 7.49. The van der Waals surface area contributed by atoms with E-state index in [2.05, 4.69) is 7.85 Å². The Labute approximate surface area is 116 Å². The first-order valence-electron chi connectivity index (χ1n) is 8.79. The predicted octanol–water partition coefficient (Wildman–Crippen LogP) is 4.45. The molecule has 18 heavy (non-hydrogen) atoms. The molecular formula is C16H32B2. The van der Waals surface area contributed by atoms with Gasteiger partial charge >= 0.3 is 0 Å². The zero-order chi connectivity index (χ0) is 12.7. The van der Waals surface area contributed by atoms with E-state index < -0.39 is 0 Å². The largest absolute Gasteiger partial charge is 0.122 e. The summed E-state index contributed by atoms with van der Waals surface area (Å²) in [4.78, 5) is 0. The quantitative estimate of drug-likeness (QED) is 0.631. The Kier molecular flexibility index (Phi) is 6.18. The molecule has 0 saturated heterocycles. The molecule has 2 aliphatic carbocycles. The summed E-state index contributed by atoms with van der Waals surface area (Å²) in [6, 6.07) is 0. The zero-order valence-electron chi connectivity index (χ0n) is 12.7. The average molecular weight is 246 g/mol. The highest BCUT2D eigenvalue weighted by atomic mass is 14.2. The molecule has 2 aliphatic rings. The SMILES string of the molecule is BC1(BC2CCCCCCC2)CCCCCCC1. The van der Waals surface area contributed by atoms with Gasteiger partial charge in [-0.3, -0.25) is 0 Å². The van der Waals surface area contributed by atoms with Crippen LogP contribution in [0.3, 0.4) is 0 Å². The van der Waals surface area contributed by atoms with Crippen LogP contribution in [0.25, 0.3) is 0 Å². The van der Waals surface area contributed by atoms with Crippen molar-refractivity contribution in [3.63, 3.8) is 0 Å². The van der Waals surface area contributed by atoms with E-state index in [0.29, 0.717) is 5.21 Å². The Balaban J connectivity index is 1.83. The maximum Gasteiger partial charge on any atom is 0.122 e. The van der Waals surface area contributed by atoms with Crippen LogP contribution in [-0.4, -0.2) is 15.1 Å². The molecule has 2 rings (SSSR count). The van der Waals surface area contributed by atoms with Crippen molar-refractivity contribution >= 4 is 15.1 Å². The van der Waals surface area contributed by atoms with E-state index in [1.54, 1.807) is 7.28 Å². The Morgan fingerprint density at radius 1 is 0.667 bits per heavy atom. The molecule has 2 heteroatoms. The molecule has 0 bridgehead atoms. The van der Waals surface area contributed by atoms with Gasteiger partial charge in [0.2, 0.25) is 0 Å². The standard InChI is InChI=1S/C16H32B2/c17-16(13-9-5-2-6-10-14-16)18-15-11-7-3-1-4-8-12-15/h15,18H,1-14,17H2. The molecule has 0 spiro atoms. The summed E-state index contributed by atoms with van der Waals surface area (Å²) in [6.07, 6.45) is 21.2. The predicted molar refractivity (Wildman–Crippen MR) is 86.8 cm³/mol. The molecule has 0 aliphatic heterocycles. The molecule has 2 fully saturated rings. The Morgan fingerprint density at radius 3 is 1.67 bits per heavy atom. The van der Waals surface area contributed by atoms with Crippen molar-refractivity contribution < 1.29 is 0 Å². The van der Waals surface area contributed by atoms with Crippen molar-refractivity contribution in [1.29, 1.82) is 0 Å². The lowest BCUT2D eigenvalue weighted by Crippen LogP contribution is -2.26. The monoisotopic (exact) mass is 246 g/mol. The van der Waals surface area contributed by atoms with Crippen LogP contribution in [0.5, 0.6) is 0 Å². The topological polar surface area (TPSA) is 0 Å². The lowest BCUT2D eigenvalue weighted by molar-refractivity contribution is 0.457. The Morgan fingerprint density at radius 2 is 1.11 bits per heavy atom. The normalized spacial score (nSPS) is 27.6. The average Bonchev–Trinajstić information content (AvgIpc) is 2.28. The third-order valence-corrected chi connectivity index (χ3v) is 5.57. The minimum absolute atomic E-state index is 0.699. The summed E-state index contributed by atoms with van der Waals surface area (Å²) in [7, 11) is 4.16. The second kappa shape index (κ2) is 7.65. The van der Waals surface area contributed by atoms with Crippen molar-refractivity contribution in [2.24, 2.45) is 0 Å². The summed E-state index contributed by atoms with van der Waals surface area (Å²) < 4.78 is 0. The summed E-state index contributed by atoms with van der Waals surface area (Å²) in [5.41, 5.74) is 0. The minimum Gasteiger partial charge on any atom is -0.0808 e. The first kappa shape index (κ1) is 14.5. The molecule has 0 radical (unpaired) electrons. The van der Waals surface area contributed by atoms with Crippen molar-refractivity contribution in [2.45, 2.75) is 101 Å². The van der Waals surface area contributed by atoms with Crippen molar-refractivity contribution in [3.8, 4) is 0 Å². The number of hydrogen-bond acceptors (Lipinski definition) is 0. The van der Waals surface area contributed by atoms with Gasteiger partial charge in [-0.05, 0) is 0 Å². The van der Waals surface area contributed by atoms with E-state index in [0.717, 1.165) is 5.82 Å². The molecule has 2 saturated carbocycles. The van der Waals surface area contributed by atoms with E-state index in [1.807, 2.05) is 0 Å². The maximum atomic E-state index is 2.61. The van der Waals surface area contributed by atoms with Crippen LogP contribution in [0.4, 0.5) is 0 Å². The molecule has 0 aromatic carbocycles. The number of rotatable bonds is 2. The molecule has 0 unspecified atom stereocenters. The first-order chi connectivity index (χ1) is 8.79. The van der Waals surface area contributed by atoms with E-state index in [4.69, 9.17) is 0 Å². The molecular weight excluding hydrogens is 214 g/mol. The lowest BCUT2D eigenvalue weighted by atomic mass is 9.34. The van der Waals surface area contributed by atoms with Crippen LogP contribution in [0, 0.1) is 0 Å². The van der Waals surface area contributed by atoms with Crippen molar-refractivity contribution in [3.05, 3.63) is 0 Å². The van der Waals surface area contributed by atoms with Gasteiger partial charge in [-0.15, -0.1) is 0 Å². The van der Waals surface area contributed by atoms with Gasteiger partial charge in [-0.25, -0.2) is 0 Å². The Bertz CT molecular complexity index is 211. The van der Waals surface area contributed by atoms with E-state index in [-0.39, 0.29) is 0 Å². The molecule has 102 valence electrons. The van der Waals surface area contributed by atoms with E-state index in [9.17, 15) is 0 Å². The fraction of sp³-hybridized carbons (Fsp3) is 1.00. The fourth-order valence-corrected chi connectivity index (χ4v) is 4.40. The van der Waals surface area contributed by atoms with Crippen LogP contribution in [-0.2, 0) is 0 Å². The maximum absolute atomic E-state index is 2.61. The van der Waals surface area contributed by atoms with Crippen LogP contribution >= 0.6 is 0 Å². The van der Waals surface area contributed by atoms with Gasteiger partial charge in [0.05, 0.1) is 7.85 Å². The smallest absolute Gasteiger partial charge is 0.0808 e. The first-order valence-corrected chi connectivity index (χ1v) is 8.79. The molecule has 0 aromatic rings. The second-order valence-corrected chi connectivity index (χ2v) is 7.49. The summed E-state index contributed by atoms with van der Waals surface area (Å²) in [5, 5.41) is 0.699. The Hall–Kier alpha value is 0.130. The van der Waals surface area contributed by atoms with E-state index in [1.165, 1.54) is 89.9 Å². The molecule has 0 aromatic heterocycles. The molecule has 0 amide bonds. The van der Waals surface area contributed by atoms with Gasteiger partial charge in [0.25, 0.3) is 0 Å². The summed E-state index contributed by atoms with van der Waals surface area (Å²) >= 11 is 0. The lowest BCUT2D eigenvalue weighted by Gasteiger charge is -2.35. The van der Waals surface area contributed by atoms with Crippen LogP contribution < -0.4 is 0 Å². The van der Waals surface area contributed by atoms with Crippen LogP contribution in [0.15, 0.2) is 0 Å². The van der Waals surface area contributed by atoms with Crippen LogP contribution in [0.2, 0.25) is 11.0 Å². The van der Waals surface area contributed by atoms with Gasteiger partial charge in [0.15, 0.2) is 0 Å². The van der Waals surface area contributed by atoms with Crippen LogP contribution in [0.1, 0.15) is 89.9 Å². The fourth-order valence-electron chi connectivity index (χ4n) is 4.40. The van der Waals surface area contributed by atoms with Gasteiger partial charge in [-0.2, -0.15) is 0 Å². The third kappa shape index (κ3) is 5.02. The molecule has 0 nitrogen and oxygen atoms in total.